The summed E-state index contributed by atoms with van der Waals surface area (Å²) < 4.78 is 11.5. The smallest absolute Gasteiger partial charge is 0.257 e. The second-order valence-corrected chi connectivity index (χ2v) is 5.69. The van der Waals surface area contributed by atoms with Gasteiger partial charge in [-0.1, -0.05) is 5.16 Å². The fourth-order valence-corrected chi connectivity index (χ4v) is 2.94. The molecule has 0 aliphatic carbocycles. The molecule has 0 saturated carbocycles. The quantitative estimate of drug-likeness (QED) is 0.932. The molecular weight excluding hydrogens is 322 g/mol. The van der Waals surface area contributed by atoms with Gasteiger partial charge in [0.2, 0.25) is 0 Å². The van der Waals surface area contributed by atoms with E-state index in [9.17, 15) is 0 Å². The summed E-state index contributed by atoms with van der Waals surface area (Å²) in [5.74, 6) is 2.55. The van der Waals surface area contributed by atoms with Crippen molar-refractivity contribution in [3.63, 3.8) is 0 Å². The largest absolute Gasteiger partial charge is 0.496 e. The predicted molar refractivity (Wildman–Crippen MR) is 78.8 cm³/mol. The Bertz CT molecular complexity index is 594. The van der Waals surface area contributed by atoms with Crippen LogP contribution in [0, 0.1) is 0 Å². The van der Waals surface area contributed by atoms with E-state index >= 15 is 0 Å². The molecule has 0 amide bonds. The summed E-state index contributed by atoms with van der Waals surface area (Å²) in [6.07, 6.45) is 2.12. The summed E-state index contributed by atoms with van der Waals surface area (Å²) in [7, 11) is 1.64. The van der Waals surface area contributed by atoms with Gasteiger partial charge in [0.15, 0.2) is 5.82 Å². The normalized spacial score (nSPS) is 16.3. The average molecular weight is 338 g/mol. The minimum absolute atomic E-state index is 0.399. The Morgan fingerprint density at radius 1 is 1.35 bits per heavy atom. The van der Waals surface area contributed by atoms with Gasteiger partial charge in [-0.2, -0.15) is 4.98 Å². The van der Waals surface area contributed by atoms with Crippen LogP contribution in [0.15, 0.2) is 27.2 Å². The lowest BCUT2D eigenvalue weighted by Gasteiger charge is -2.18. The molecule has 1 aromatic carbocycles. The molecule has 1 N–H and O–H groups in total. The molecule has 106 valence electrons. The van der Waals surface area contributed by atoms with E-state index in [4.69, 9.17) is 9.26 Å². The molecule has 0 atom stereocenters. The molecule has 1 aliphatic heterocycles. The van der Waals surface area contributed by atoms with Crippen LogP contribution in [0.2, 0.25) is 0 Å². The highest BCUT2D eigenvalue weighted by Crippen LogP contribution is 2.31. The maximum atomic E-state index is 5.39. The molecule has 0 radical (unpaired) electrons. The van der Waals surface area contributed by atoms with E-state index in [1.54, 1.807) is 7.11 Å². The van der Waals surface area contributed by atoms with E-state index in [-0.39, 0.29) is 0 Å². The summed E-state index contributed by atoms with van der Waals surface area (Å²) >= 11 is 3.46. The van der Waals surface area contributed by atoms with Gasteiger partial charge in [-0.25, -0.2) is 0 Å². The number of halogens is 1. The van der Waals surface area contributed by atoms with Gasteiger partial charge in [-0.05, 0) is 60.1 Å². The number of hydrogen-bond donors (Lipinski definition) is 1. The maximum Gasteiger partial charge on any atom is 0.257 e. The molecule has 1 aromatic heterocycles. The number of methoxy groups -OCH3 is 1. The van der Waals surface area contributed by atoms with E-state index < -0.39 is 0 Å². The van der Waals surface area contributed by atoms with Crippen molar-refractivity contribution in [3.8, 4) is 17.2 Å². The van der Waals surface area contributed by atoms with Crippen LogP contribution in [0.3, 0.4) is 0 Å². The number of ether oxygens (including phenoxy) is 1. The predicted octanol–water partition coefficient (Wildman–Crippen LogP) is 2.97. The molecule has 0 spiro atoms. The molecule has 6 heteroatoms. The lowest BCUT2D eigenvalue weighted by molar-refractivity contribution is 0.392. The molecule has 1 aliphatic rings. The number of piperidine rings is 1. The highest BCUT2D eigenvalue weighted by molar-refractivity contribution is 9.10. The van der Waals surface area contributed by atoms with Gasteiger partial charge in [0, 0.05) is 11.5 Å². The molecule has 2 aromatic rings. The van der Waals surface area contributed by atoms with Gasteiger partial charge in [0.25, 0.3) is 5.89 Å². The van der Waals surface area contributed by atoms with Gasteiger partial charge in [0.1, 0.15) is 5.75 Å². The zero-order valence-electron chi connectivity index (χ0n) is 11.2. The Hall–Kier alpha value is -1.40. The van der Waals surface area contributed by atoms with Crippen molar-refractivity contribution < 1.29 is 9.26 Å². The summed E-state index contributed by atoms with van der Waals surface area (Å²) in [5.41, 5.74) is 0.894. The standard InChI is InChI=1S/C14H16BrN3O2/c1-19-12-3-2-10(8-11(12)15)14-17-13(18-20-14)9-4-6-16-7-5-9/h2-3,8-9,16H,4-7H2,1H3. The average Bonchev–Trinajstić information content (AvgIpc) is 2.98. The van der Waals surface area contributed by atoms with E-state index in [1.165, 1.54) is 0 Å². The fourth-order valence-electron chi connectivity index (χ4n) is 2.40. The van der Waals surface area contributed by atoms with Crippen molar-refractivity contribution in [2.75, 3.05) is 20.2 Å². The number of hydrogen-bond acceptors (Lipinski definition) is 5. The van der Waals surface area contributed by atoms with Crippen LogP contribution in [0.1, 0.15) is 24.6 Å². The molecule has 1 fully saturated rings. The number of benzene rings is 1. The topological polar surface area (TPSA) is 60.2 Å². The molecule has 0 bridgehead atoms. The second-order valence-electron chi connectivity index (χ2n) is 4.83. The molecular formula is C14H16BrN3O2. The first-order chi connectivity index (χ1) is 9.78. The molecule has 0 unspecified atom stereocenters. The van der Waals surface area contributed by atoms with Crippen LogP contribution in [0.25, 0.3) is 11.5 Å². The van der Waals surface area contributed by atoms with Crippen LogP contribution < -0.4 is 10.1 Å². The number of nitrogens with one attached hydrogen (secondary N) is 1. The van der Waals surface area contributed by atoms with E-state index in [2.05, 4.69) is 31.4 Å². The van der Waals surface area contributed by atoms with Crippen LogP contribution in [0.5, 0.6) is 5.75 Å². The highest BCUT2D eigenvalue weighted by atomic mass is 79.9. The van der Waals surface area contributed by atoms with Gasteiger partial charge in [-0.3, -0.25) is 0 Å². The minimum Gasteiger partial charge on any atom is -0.496 e. The summed E-state index contributed by atoms with van der Waals surface area (Å²) in [6.45, 7) is 2.03. The second kappa shape index (κ2) is 5.93. The zero-order chi connectivity index (χ0) is 13.9. The highest BCUT2D eigenvalue weighted by Gasteiger charge is 2.21. The Balaban J connectivity index is 1.84. The SMILES string of the molecule is COc1ccc(-c2nc(C3CCNCC3)no2)cc1Br. The molecule has 5 nitrogen and oxygen atoms in total. The molecule has 3 rings (SSSR count). The lowest BCUT2D eigenvalue weighted by atomic mass is 9.98. The van der Waals surface area contributed by atoms with Crippen molar-refractivity contribution in [1.82, 2.24) is 15.5 Å². The van der Waals surface area contributed by atoms with Gasteiger partial charge in [-0.15, -0.1) is 0 Å². The van der Waals surface area contributed by atoms with Crippen molar-refractivity contribution in [3.05, 3.63) is 28.5 Å². The first-order valence-corrected chi connectivity index (χ1v) is 7.45. The summed E-state index contributed by atoms with van der Waals surface area (Å²) in [5, 5.41) is 7.46. The maximum absolute atomic E-state index is 5.39. The van der Waals surface area contributed by atoms with Crippen molar-refractivity contribution in [2.24, 2.45) is 0 Å². The number of aromatic nitrogens is 2. The number of rotatable bonds is 3. The molecule has 1 saturated heterocycles. The molecule has 20 heavy (non-hydrogen) atoms. The van der Waals surface area contributed by atoms with Crippen molar-refractivity contribution >= 4 is 15.9 Å². The first kappa shape index (κ1) is 13.6. The third-order valence-electron chi connectivity index (χ3n) is 3.54. The Morgan fingerprint density at radius 3 is 2.85 bits per heavy atom. The minimum atomic E-state index is 0.399. The third-order valence-corrected chi connectivity index (χ3v) is 4.16. The van der Waals surface area contributed by atoms with E-state index in [0.29, 0.717) is 11.8 Å². The Labute approximate surface area is 125 Å². The third kappa shape index (κ3) is 2.71. The molecule has 2 heterocycles. The monoisotopic (exact) mass is 337 g/mol. The fraction of sp³-hybridized carbons (Fsp3) is 0.429. The Kier molecular flexibility index (Phi) is 4.03. The summed E-state index contributed by atoms with van der Waals surface area (Å²) in [4.78, 5) is 4.53. The van der Waals surface area contributed by atoms with Crippen LogP contribution in [-0.2, 0) is 0 Å². The lowest BCUT2D eigenvalue weighted by Crippen LogP contribution is -2.27. The number of nitrogens with zero attached hydrogens (tertiary/aromatic N) is 2. The zero-order valence-corrected chi connectivity index (χ0v) is 12.8. The van der Waals surface area contributed by atoms with Crippen molar-refractivity contribution in [1.29, 1.82) is 0 Å². The van der Waals surface area contributed by atoms with Crippen LogP contribution in [0.4, 0.5) is 0 Å². The van der Waals surface area contributed by atoms with Crippen LogP contribution >= 0.6 is 15.9 Å². The van der Waals surface area contributed by atoms with Crippen molar-refractivity contribution in [2.45, 2.75) is 18.8 Å². The van der Waals surface area contributed by atoms with Crippen LogP contribution in [-0.4, -0.2) is 30.3 Å². The van der Waals surface area contributed by atoms with E-state index in [1.807, 2.05) is 18.2 Å². The first-order valence-electron chi connectivity index (χ1n) is 6.66. The van der Waals surface area contributed by atoms with E-state index in [0.717, 1.165) is 47.5 Å². The van der Waals surface area contributed by atoms with Gasteiger partial charge >= 0.3 is 0 Å². The van der Waals surface area contributed by atoms with Gasteiger partial charge in [0.05, 0.1) is 11.6 Å². The Morgan fingerprint density at radius 2 is 2.15 bits per heavy atom. The summed E-state index contributed by atoms with van der Waals surface area (Å²) in [6, 6.07) is 5.73. The van der Waals surface area contributed by atoms with Gasteiger partial charge < -0.3 is 14.6 Å².